The van der Waals surface area contributed by atoms with Crippen molar-refractivity contribution in [3.63, 3.8) is 0 Å². The molecule has 2 aromatic rings. The quantitative estimate of drug-likeness (QED) is 0.567. The van der Waals surface area contributed by atoms with Gasteiger partial charge in [0.1, 0.15) is 19.1 Å². The molecule has 0 unspecified atom stereocenters. The molecule has 3 rings (SSSR count). The Morgan fingerprint density at radius 1 is 1.06 bits per heavy atom. The molecule has 0 bridgehead atoms. The third-order valence-electron chi connectivity index (χ3n) is 5.37. The smallest absolute Gasteiger partial charge is 0.166 e. The van der Waals surface area contributed by atoms with E-state index in [1.54, 1.807) is 19.4 Å². The predicted octanol–water partition coefficient (Wildman–Crippen LogP) is 2.27. The molecule has 0 saturated carbocycles. The summed E-state index contributed by atoms with van der Waals surface area (Å²) in [5.74, 6) is 2.05. The van der Waals surface area contributed by atoms with Gasteiger partial charge >= 0.3 is 0 Å². The summed E-state index contributed by atoms with van der Waals surface area (Å²) in [6, 6.07) is 11.7. The maximum atomic E-state index is 10.4. The average molecular weight is 430 g/mol. The third-order valence-corrected chi connectivity index (χ3v) is 5.37. The first-order valence-corrected chi connectivity index (χ1v) is 10.9. The van der Waals surface area contributed by atoms with Crippen LogP contribution in [-0.4, -0.2) is 64.5 Å². The Bertz CT molecular complexity index is 865. The maximum absolute atomic E-state index is 10.4. The highest BCUT2D eigenvalue weighted by Gasteiger charge is 2.27. The van der Waals surface area contributed by atoms with Crippen molar-refractivity contribution in [1.82, 2.24) is 0 Å². The number of hydrogen-bond acceptors (Lipinski definition) is 6. The zero-order valence-corrected chi connectivity index (χ0v) is 18.6. The highest BCUT2D eigenvalue weighted by molar-refractivity contribution is 5.84. The number of para-hydroxylation sites is 1. The van der Waals surface area contributed by atoms with Crippen LogP contribution in [-0.2, 0) is 4.74 Å². The van der Waals surface area contributed by atoms with E-state index >= 15 is 0 Å². The van der Waals surface area contributed by atoms with Gasteiger partial charge in [-0.2, -0.15) is 0 Å². The Labute approximate surface area is 184 Å². The fourth-order valence-electron chi connectivity index (χ4n) is 3.80. The lowest BCUT2D eigenvalue weighted by molar-refractivity contribution is -0.937. The van der Waals surface area contributed by atoms with E-state index in [0.717, 1.165) is 43.4 Å². The number of nitrogens with zero attached hydrogens (tertiary/aromatic N) is 1. The van der Waals surface area contributed by atoms with Crippen molar-refractivity contribution in [2.75, 3.05) is 53.2 Å². The third kappa shape index (κ3) is 5.89. The SMILES string of the molecule is CCOc1ccc([C@H](CN=Cc2cccc(OCC)c2O)[NH+]2CCOCC2)cc1OC. The van der Waals surface area contributed by atoms with Gasteiger partial charge < -0.3 is 29.0 Å². The normalized spacial score (nSPS) is 15.7. The van der Waals surface area contributed by atoms with Gasteiger partial charge in [-0.05, 0) is 44.2 Å². The molecule has 7 heteroatoms. The van der Waals surface area contributed by atoms with Crippen LogP contribution in [0.4, 0.5) is 0 Å². The summed E-state index contributed by atoms with van der Waals surface area (Å²) < 4.78 is 22.3. The zero-order chi connectivity index (χ0) is 22.1. The van der Waals surface area contributed by atoms with Crippen molar-refractivity contribution >= 4 is 6.21 Å². The van der Waals surface area contributed by atoms with Crippen molar-refractivity contribution < 1.29 is 29.0 Å². The van der Waals surface area contributed by atoms with Crippen LogP contribution in [0.15, 0.2) is 41.4 Å². The zero-order valence-electron chi connectivity index (χ0n) is 18.6. The summed E-state index contributed by atoms with van der Waals surface area (Å²) in [5.41, 5.74) is 1.78. The van der Waals surface area contributed by atoms with E-state index in [4.69, 9.17) is 23.9 Å². The largest absolute Gasteiger partial charge is 0.504 e. The van der Waals surface area contributed by atoms with Crippen LogP contribution in [0.25, 0.3) is 0 Å². The summed E-state index contributed by atoms with van der Waals surface area (Å²) in [6.07, 6.45) is 1.72. The molecule has 1 aliphatic rings. The minimum absolute atomic E-state index is 0.117. The van der Waals surface area contributed by atoms with E-state index in [9.17, 15) is 5.11 Å². The summed E-state index contributed by atoms with van der Waals surface area (Å²) in [5, 5.41) is 10.4. The molecule has 2 N–H and O–H groups in total. The molecule has 0 radical (unpaired) electrons. The first kappa shape index (κ1) is 22.9. The highest BCUT2D eigenvalue weighted by Crippen LogP contribution is 2.31. The average Bonchev–Trinajstić information content (AvgIpc) is 2.80. The number of quaternary nitrogens is 1. The van der Waals surface area contributed by atoms with Gasteiger partial charge in [0, 0.05) is 17.3 Å². The number of benzene rings is 2. The van der Waals surface area contributed by atoms with Gasteiger partial charge in [0.2, 0.25) is 0 Å². The number of aromatic hydroxyl groups is 1. The number of phenols is 1. The van der Waals surface area contributed by atoms with Gasteiger partial charge in [-0.15, -0.1) is 0 Å². The fourth-order valence-corrected chi connectivity index (χ4v) is 3.80. The molecule has 31 heavy (non-hydrogen) atoms. The molecular formula is C24H33N2O5+. The minimum atomic E-state index is 0.117. The van der Waals surface area contributed by atoms with E-state index in [1.165, 1.54) is 4.90 Å². The molecule has 0 amide bonds. The standard InChI is InChI=1S/C24H32N2O5/c1-4-30-21-10-9-18(15-23(21)28-3)20(26-11-13-29-14-12-26)17-25-16-19-7-6-8-22(24(19)27)31-5-2/h6-10,15-16,20,27H,4-5,11-14,17H2,1-3H3/p+1/t20-/m0/s1. The molecule has 1 heterocycles. The van der Waals surface area contributed by atoms with Crippen molar-refractivity contribution in [2.45, 2.75) is 19.9 Å². The Hall–Kier alpha value is -2.77. The van der Waals surface area contributed by atoms with Crippen LogP contribution in [0.3, 0.4) is 0 Å². The number of aliphatic imine (C=N–C) groups is 1. The van der Waals surface area contributed by atoms with Gasteiger partial charge in [-0.25, -0.2) is 0 Å². The summed E-state index contributed by atoms with van der Waals surface area (Å²) in [7, 11) is 1.66. The molecule has 1 saturated heterocycles. The summed E-state index contributed by atoms with van der Waals surface area (Å²) >= 11 is 0. The van der Waals surface area contributed by atoms with Crippen LogP contribution >= 0.6 is 0 Å². The van der Waals surface area contributed by atoms with E-state index in [0.29, 0.717) is 31.1 Å². The molecule has 1 aliphatic heterocycles. The molecule has 0 spiro atoms. The Balaban J connectivity index is 1.83. The summed E-state index contributed by atoms with van der Waals surface area (Å²) in [6.45, 7) is 8.81. The highest BCUT2D eigenvalue weighted by atomic mass is 16.5. The number of morpholine rings is 1. The van der Waals surface area contributed by atoms with Crippen LogP contribution in [0.2, 0.25) is 0 Å². The number of ether oxygens (including phenoxy) is 4. The number of methoxy groups -OCH3 is 1. The van der Waals surface area contributed by atoms with Gasteiger partial charge in [0.05, 0.1) is 40.1 Å². The van der Waals surface area contributed by atoms with Crippen molar-refractivity contribution in [2.24, 2.45) is 4.99 Å². The molecule has 1 atom stereocenters. The van der Waals surface area contributed by atoms with E-state index in [2.05, 4.69) is 6.07 Å². The first-order chi connectivity index (χ1) is 15.2. The second-order valence-electron chi connectivity index (χ2n) is 7.29. The molecular weight excluding hydrogens is 396 g/mol. The second-order valence-corrected chi connectivity index (χ2v) is 7.29. The first-order valence-electron chi connectivity index (χ1n) is 10.9. The Morgan fingerprint density at radius 3 is 2.52 bits per heavy atom. The lowest BCUT2D eigenvalue weighted by atomic mass is 10.0. The Kier molecular flexibility index (Phi) is 8.55. The monoisotopic (exact) mass is 429 g/mol. The predicted molar refractivity (Wildman–Crippen MR) is 120 cm³/mol. The van der Waals surface area contributed by atoms with Gasteiger partial charge in [-0.3, -0.25) is 4.99 Å². The molecule has 1 fully saturated rings. The van der Waals surface area contributed by atoms with E-state index in [-0.39, 0.29) is 11.8 Å². The lowest BCUT2D eigenvalue weighted by Crippen LogP contribution is -3.14. The number of hydrogen-bond donors (Lipinski definition) is 2. The van der Waals surface area contributed by atoms with Crippen molar-refractivity contribution in [3.8, 4) is 23.0 Å². The van der Waals surface area contributed by atoms with Crippen molar-refractivity contribution in [1.29, 1.82) is 0 Å². The maximum Gasteiger partial charge on any atom is 0.166 e. The molecule has 0 aliphatic carbocycles. The number of nitrogens with one attached hydrogen (secondary N) is 1. The fraction of sp³-hybridized carbons (Fsp3) is 0.458. The Morgan fingerprint density at radius 2 is 1.81 bits per heavy atom. The van der Waals surface area contributed by atoms with Crippen LogP contribution in [0.1, 0.15) is 31.0 Å². The van der Waals surface area contributed by atoms with Gasteiger partial charge in [-0.1, -0.05) is 6.07 Å². The number of phenolic OH excluding ortho intramolecular Hbond substituents is 1. The van der Waals surface area contributed by atoms with Crippen LogP contribution in [0.5, 0.6) is 23.0 Å². The minimum Gasteiger partial charge on any atom is -0.504 e. The van der Waals surface area contributed by atoms with Crippen molar-refractivity contribution in [3.05, 3.63) is 47.5 Å². The topological polar surface area (TPSA) is 74.0 Å². The van der Waals surface area contributed by atoms with E-state index < -0.39 is 0 Å². The van der Waals surface area contributed by atoms with E-state index in [1.807, 2.05) is 38.1 Å². The van der Waals surface area contributed by atoms with Gasteiger partial charge in [0.15, 0.2) is 23.0 Å². The number of rotatable bonds is 10. The molecule has 2 aromatic carbocycles. The lowest BCUT2D eigenvalue weighted by Gasteiger charge is -2.31. The second kappa shape index (κ2) is 11.6. The summed E-state index contributed by atoms with van der Waals surface area (Å²) in [4.78, 5) is 6.11. The van der Waals surface area contributed by atoms with Crippen LogP contribution in [0, 0.1) is 0 Å². The molecule has 7 nitrogen and oxygen atoms in total. The van der Waals surface area contributed by atoms with Crippen LogP contribution < -0.4 is 19.1 Å². The van der Waals surface area contributed by atoms with Gasteiger partial charge in [0.25, 0.3) is 0 Å². The molecule has 168 valence electrons. The molecule has 0 aromatic heterocycles.